The van der Waals surface area contributed by atoms with Crippen molar-refractivity contribution < 1.29 is 28.6 Å². The zero-order valence-corrected chi connectivity index (χ0v) is 19.0. The minimum absolute atomic E-state index is 0.499. The molecule has 1 amide bonds. The number of nitrogens with one attached hydrogen (secondary N) is 1. The molecular weight excluding hydrogens is 386 g/mol. The molecule has 0 aliphatic carbocycles. The van der Waals surface area contributed by atoms with Gasteiger partial charge in [-0.3, -0.25) is 0 Å². The summed E-state index contributed by atoms with van der Waals surface area (Å²) in [6, 6.07) is 5.73. The molecule has 0 spiro atoms. The molecule has 1 aromatic rings. The molecule has 166 valence electrons. The summed E-state index contributed by atoms with van der Waals surface area (Å²) in [4.78, 5) is 30.8. The predicted molar refractivity (Wildman–Crippen MR) is 114 cm³/mol. The van der Waals surface area contributed by atoms with Crippen LogP contribution in [0.25, 0.3) is 6.08 Å². The maximum absolute atomic E-state index is 13.1. The third-order valence-corrected chi connectivity index (χ3v) is 4.43. The number of hydroxylamine groups is 1. The van der Waals surface area contributed by atoms with E-state index in [2.05, 4.69) is 12.1 Å². The van der Waals surface area contributed by atoms with Crippen LogP contribution in [0.1, 0.15) is 66.0 Å². The lowest BCUT2D eigenvalue weighted by atomic mass is 9.90. The highest BCUT2D eigenvalue weighted by Crippen LogP contribution is 2.35. The molecule has 7 nitrogen and oxygen atoms in total. The van der Waals surface area contributed by atoms with E-state index < -0.39 is 35.0 Å². The quantitative estimate of drug-likeness (QED) is 0.556. The Labute approximate surface area is 178 Å². The number of carbonyl (C=O) groups is 2. The molecule has 30 heavy (non-hydrogen) atoms. The van der Waals surface area contributed by atoms with Crippen LogP contribution in [-0.2, 0) is 25.5 Å². The summed E-state index contributed by atoms with van der Waals surface area (Å²) in [6.07, 6.45) is 1.47. The second-order valence-electron chi connectivity index (χ2n) is 9.53. The maximum atomic E-state index is 13.1. The summed E-state index contributed by atoms with van der Waals surface area (Å²) < 4.78 is 16.9. The van der Waals surface area contributed by atoms with E-state index in [0.29, 0.717) is 18.6 Å². The van der Waals surface area contributed by atoms with E-state index in [0.717, 1.165) is 11.1 Å². The lowest BCUT2D eigenvalue weighted by molar-refractivity contribution is -0.205. The van der Waals surface area contributed by atoms with Crippen LogP contribution in [0.4, 0.5) is 4.79 Å². The number of amides is 1. The highest BCUT2D eigenvalue weighted by Gasteiger charge is 2.50. The number of carbonyl (C=O) groups excluding carboxylic acids is 2. The molecule has 0 aromatic heterocycles. The molecule has 0 bridgehead atoms. The highest BCUT2D eigenvalue weighted by atomic mass is 16.7. The van der Waals surface area contributed by atoms with E-state index in [9.17, 15) is 9.59 Å². The number of benzene rings is 1. The Morgan fingerprint density at radius 3 is 2.30 bits per heavy atom. The Hall–Kier alpha value is -2.54. The van der Waals surface area contributed by atoms with E-state index in [1.807, 2.05) is 18.2 Å². The lowest BCUT2D eigenvalue weighted by Gasteiger charge is -2.39. The number of aryl methyl sites for hydroxylation is 1. The normalized spacial score (nSPS) is 18.3. The minimum Gasteiger partial charge on any atom is -0.486 e. The molecule has 0 unspecified atom stereocenters. The summed E-state index contributed by atoms with van der Waals surface area (Å²) in [5, 5.41) is 0. The molecule has 2 atom stereocenters. The highest BCUT2D eigenvalue weighted by molar-refractivity contribution is 5.81. The first-order valence-corrected chi connectivity index (χ1v) is 10.1. The number of ether oxygens (including phenoxy) is 3. The molecule has 0 fully saturated rings. The smallest absolute Gasteiger partial charge is 0.431 e. The first-order valence-electron chi connectivity index (χ1n) is 10.1. The SMILES string of the molecule is C=Cc1ccc2c(c1)CC[C@@H]([C@](C)(ONC(=O)OC(C)(C)C)C(=O)OC(C)(C)C)O2. The third-order valence-electron chi connectivity index (χ3n) is 4.43. The fourth-order valence-corrected chi connectivity index (χ4v) is 2.99. The molecular formula is C23H33NO6. The van der Waals surface area contributed by atoms with Crippen molar-refractivity contribution in [3.05, 3.63) is 35.9 Å². The van der Waals surface area contributed by atoms with Crippen molar-refractivity contribution in [3.8, 4) is 5.75 Å². The summed E-state index contributed by atoms with van der Waals surface area (Å²) in [5.74, 6) is 0.0229. The van der Waals surface area contributed by atoms with Crippen LogP contribution in [0.15, 0.2) is 24.8 Å². The Balaban J connectivity index is 2.25. The van der Waals surface area contributed by atoms with Gasteiger partial charge in [0.15, 0.2) is 0 Å². The molecule has 1 aliphatic heterocycles. The van der Waals surface area contributed by atoms with Crippen molar-refractivity contribution in [2.24, 2.45) is 0 Å². The van der Waals surface area contributed by atoms with Crippen LogP contribution in [-0.4, -0.2) is 35.0 Å². The van der Waals surface area contributed by atoms with Crippen LogP contribution in [0.2, 0.25) is 0 Å². The Bertz CT molecular complexity index is 805. The first kappa shape index (κ1) is 23.7. The van der Waals surface area contributed by atoms with E-state index in [1.165, 1.54) is 0 Å². The molecule has 0 saturated carbocycles. The van der Waals surface area contributed by atoms with Gasteiger partial charge in [-0.1, -0.05) is 18.7 Å². The van der Waals surface area contributed by atoms with E-state index in [4.69, 9.17) is 19.0 Å². The number of hydrogen-bond acceptors (Lipinski definition) is 6. The van der Waals surface area contributed by atoms with E-state index in [-0.39, 0.29) is 0 Å². The molecule has 0 radical (unpaired) electrons. The standard InChI is InChI=1S/C23H33NO6/c1-9-15-10-12-17-16(14-15)11-13-18(27-17)23(8,19(25)28-21(2,3)4)30-24-20(26)29-22(5,6)7/h9-10,12,14,18H,1,11,13H2,2-8H3,(H,24,26)/t18-,23-/m0/s1. The van der Waals surface area contributed by atoms with E-state index in [1.54, 1.807) is 54.5 Å². The van der Waals surface area contributed by atoms with Crippen molar-refractivity contribution in [2.75, 3.05) is 0 Å². The Morgan fingerprint density at radius 1 is 1.10 bits per heavy atom. The number of esters is 1. The van der Waals surface area contributed by atoms with Gasteiger partial charge in [0.1, 0.15) is 23.1 Å². The van der Waals surface area contributed by atoms with Gasteiger partial charge in [-0.25, -0.2) is 14.4 Å². The minimum atomic E-state index is -1.58. The van der Waals surface area contributed by atoms with E-state index >= 15 is 0 Å². The molecule has 1 N–H and O–H groups in total. The van der Waals surface area contributed by atoms with Gasteiger partial charge < -0.3 is 14.2 Å². The average molecular weight is 420 g/mol. The molecule has 2 rings (SSSR count). The number of fused-ring (bicyclic) bond motifs is 1. The second-order valence-corrected chi connectivity index (χ2v) is 9.53. The molecule has 1 heterocycles. The fraction of sp³-hybridized carbons (Fsp3) is 0.565. The largest absolute Gasteiger partial charge is 0.486 e. The summed E-state index contributed by atoms with van der Waals surface area (Å²) in [7, 11) is 0. The molecule has 1 aliphatic rings. The van der Waals surface area contributed by atoms with Crippen molar-refractivity contribution >= 4 is 18.1 Å². The summed E-state index contributed by atoms with van der Waals surface area (Å²) in [5.41, 5.74) is 1.22. The van der Waals surface area contributed by atoms with Crippen molar-refractivity contribution in [2.45, 2.75) is 84.2 Å². The van der Waals surface area contributed by atoms with Crippen molar-refractivity contribution in [1.82, 2.24) is 5.48 Å². The van der Waals surface area contributed by atoms with Crippen molar-refractivity contribution in [1.29, 1.82) is 0 Å². The third kappa shape index (κ3) is 6.23. The van der Waals surface area contributed by atoms with Crippen LogP contribution < -0.4 is 10.2 Å². The molecule has 1 aromatic carbocycles. The van der Waals surface area contributed by atoms with Gasteiger partial charge in [0, 0.05) is 0 Å². The summed E-state index contributed by atoms with van der Waals surface area (Å²) in [6.45, 7) is 15.8. The van der Waals surface area contributed by atoms with Crippen LogP contribution in [0.3, 0.4) is 0 Å². The summed E-state index contributed by atoms with van der Waals surface area (Å²) >= 11 is 0. The first-order chi connectivity index (χ1) is 13.7. The van der Waals surface area contributed by atoms with Gasteiger partial charge in [0.2, 0.25) is 5.60 Å². The molecule has 0 saturated heterocycles. The van der Waals surface area contributed by atoms with Gasteiger partial charge in [-0.2, -0.15) is 5.48 Å². The Morgan fingerprint density at radius 2 is 1.73 bits per heavy atom. The Kier molecular flexibility index (Phi) is 6.87. The number of hydrogen-bond donors (Lipinski definition) is 1. The fourth-order valence-electron chi connectivity index (χ4n) is 2.99. The van der Waals surface area contributed by atoms with Crippen molar-refractivity contribution in [3.63, 3.8) is 0 Å². The van der Waals surface area contributed by atoms with Gasteiger partial charge in [0.05, 0.1) is 0 Å². The van der Waals surface area contributed by atoms with Gasteiger partial charge >= 0.3 is 12.1 Å². The zero-order valence-electron chi connectivity index (χ0n) is 19.0. The monoisotopic (exact) mass is 419 g/mol. The van der Waals surface area contributed by atoms with Crippen LogP contribution in [0, 0.1) is 0 Å². The molecule has 7 heteroatoms. The van der Waals surface area contributed by atoms with Gasteiger partial charge in [-0.15, -0.1) is 0 Å². The second kappa shape index (κ2) is 8.68. The predicted octanol–water partition coefficient (Wildman–Crippen LogP) is 4.58. The van der Waals surface area contributed by atoms with Crippen LogP contribution in [0.5, 0.6) is 5.75 Å². The lowest BCUT2D eigenvalue weighted by Crippen LogP contribution is -2.58. The van der Waals surface area contributed by atoms with Gasteiger partial charge in [-0.05, 0) is 84.6 Å². The average Bonchev–Trinajstić information content (AvgIpc) is 2.62. The van der Waals surface area contributed by atoms with Crippen LogP contribution >= 0.6 is 0 Å². The maximum Gasteiger partial charge on any atom is 0.431 e. The number of rotatable bonds is 5. The zero-order chi connectivity index (χ0) is 22.7. The topological polar surface area (TPSA) is 83.1 Å². The van der Waals surface area contributed by atoms with Gasteiger partial charge in [0.25, 0.3) is 0 Å².